The van der Waals surface area contributed by atoms with Gasteiger partial charge in [0.15, 0.2) is 0 Å². The maximum absolute atomic E-state index is 13.3. The molecule has 3 unspecified atom stereocenters. The van der Waals surface area contributed by atoms with Gasteiger partial charge in [-0.2, -0.15) is 0 Å². The van der Waals surface area contributed by atoms with Crippen molar-refractivity contribution in [2.24, 2.45) is 5.92 Å². The Hall–Kier alpha value is -3.08. The first kappa shape index (κ1) is 26.0. The molecule has 192 valence electrons. The number of H-pyrrole nitrogens is 1. The smallest absolute Gasteiger partial charge is 0.330 e. The second-order valence-corrected chi connectivity index (χ2v) is 10.7. The van der Waals surface area contributed by atoms with Gasteiger partial charge < -0.3 is 15.2 Å². The molecule has 6 atom stereocenters. The highest BCUT2D eigenvalue weighted by atomic mass is 32.2. The van der Waals surface area contributed by atoms with E-state index < -0.39 is 40.5 Å². The molecule has 0 radical (unpaired) electrons. The highest BCUT2D eigenvalue weighted by Gasteiger charge is 2.36. The van der Waals surface area contributed by atoms with Crippen molar-refractivity contribution in [3.05, 3.63) is 86.7 Å². The third kappa shape index (κ3) is 5.66. The summed E-state index contributed by atoms with van der Waals surface area (Å²) < 4.78 is 20.4. The van der Waals surface area contributed by atoms with Crippen LogP contribution in [0.5, 0.6) is 0 Å². The molecule has 3 N–H and O–H groups in total. The molecule has 36 heavy (non-hydrogen) atoms. The second kappa shape index (κ2) is 11.3. The fourth-order valence-corrected chi connectivity index (χ4v) is 6.09. The van der Waals surface area contributed by atoms with Crippen molar-refractivity contribution in [3.63, 3.8) is 0 Å². The molecule has 1 fully saturated rings. The van der Waals surface area contributed by atoms with Gasteiger partial charge in [0.2, 0.25) is 5.91 Å². The van der Waals surface area contributed by atoms with Crippen LogP contribution in [0.2, 0.25) is 0 Å². The van der Waals surface area contributed by atoms with Gasteiger partial charge in [0.05, 0.1) is 28.6 Å². The van der Waals surface area contributed by atoms with E-state index in [1.165, 1.54) is 10.8 Å². The molecule has 1 aliphatic carbocycles. The van der Waals surface area contributed by atoms with Crippen LogP contribution in [0.4, 0.5) is 0 Å². The van der Waals surface area contributed by atoms with E-state index in [0.29, 0.717) is 22.4 Å². The maximum atomic E-state index is 13.3. The SMILES string of the molecule is CCc1cn([C@H]2C[C@H](O)[C@@H](CNC(=O)Cc3ccccc3S(=O)C3C=CC=CC3C)O2)c(=O)[nH]c1=O. The number of hydrogen-bond donors (Lipinski definition) is 3. The van der Waals surface area contributed by atoms with Crippen molar-refractivity contribution >= 4 is 16.7 Å². The van der Waals surface area contributed by atoms with E-state index in [4.69, 9.17) is 4.74 Å². The molecule has 4 rings (SSSR count). The van der Waals surface area contributed by atoms with Crippen molar-refractivity contribution < 1.29 is 18.8 Å². The summed E-state index contributed by atoms with van der Waals surface area (Å²) in [5.74, 6) is -0.171. The van der Waals surface area contributed by atoms with Crippen LogP contribution in [0.1, 0.15) is 37.6 Å². The fourth-order valence-electron chi connectivity index (χ4n) is 4.47. The lowest BCUT2D eigenvalue weighted by Crippen LogP contribution is -2.38. The van der Waals surface area contributed by atoms with Crippen molar-refractivity contribution in [2.45, 2.75) is 61.7 Å². The Kier molecular flexibility index (Phi) is 8.17. The molecule has 2 heterocycles. The molecule has 2 aromatic rings. The van der Waals surface area contributed by atoms with Gasteiger partial charge in [0.1, 0.15) is 12.3 Å². The van der Waals surface area contributed by atoms with E-state index >= 15 is 0 Å². The summed E-state index contributed by atoms with van der Waals surface area (Å²) in [6.07, 6.45) is 7.51. The van der Waals surface area contributed by atoms with E-state index in [1.54, 1.807) is 19.1 Å². The number of carbonyl (C=O) groups excluding carboxylic acids is 1. The number of aromatic nitrogens is 2. The lowest BCUT2D eigenvalue weighted by atomic mass is 10.0. The molecule has 2 aliphatic rings. The molecule has 1 aromatic heterocycles. The first-order valence-corrected chi connectivity index (χ1v) is 13.3. The molecular formula is C26H31N3O6S. The number of allylic oxidation sites excluding steroid dienone is 3. The second-order valence-electron chi connectivity index (χ2n) is 9.09. The Morgan fingerprint density at radius 3 is 2.72 bits per heavy atom. The van der Waals surface area contributed by atoms with Crippen LogP contribution in [0.25, 0.3) is 0 Å². The molecule has 0 spiro atoms. The predicted octanol–water partition coefficient (Wildman–Crippen LogP) is 1.34. The monoisotopic (exact) mass is 513 g/mol. The van der Waals surface area contributed by atoms with Gasteiger partial charge in [-0.05, 0) is 24.0 Å². The van der Waals surface area contributed by atoms with Gasteiger partial charge in [-0.25, -0.2) is 4.79 Å². The Labute approximate surface area is 211 Å². The highest BCUT2D eigenvalue weighted by Crippen LogP contribution is 2.28. The number of amides is 1. The quantitative estimate of drug-likeness (QED) is 0.489. The number of hydrogen-bond acceptors (Lipinski definition) is 6. The summed E-state index contributed by atoms with van der Waals surface area (Å²) in [4.78, 5) is 39.7. The fraction of sp³-hybridized carbons (Fsp3) is 0.423. The molecular weight excluding hydrogens is 482 g/mol. The lowest BCUT2D eigenvalue weighted by Gasteiger charge is -2.21. The normalized spacial score (nSPS) is 26.1. The minimum absolute atomic E-state index is 0.0358. The van der Waals surface area contributed by atoms with Gasteiger partial charge >= 0.3 is 5.69 Å². The predicted molar refractivity (Wildman–Crippen MR) is 136 cm³/mol. The first-order chi connectivity index (χ1) is 17.3. The van der Waals surface area contributed by atoms with Crippen LogP contribution < -0.4 is 16.6 Å². The summed E-state index contributed by atoms with van der Waals surface area (Å²) >= 11 is 0. The molecule has 1 aliphatic heterocycles. The molecule has 9 nitrogen and oxygen atoms in total. The van der Waals surface area contributed by atoms with Crippen LogP contribution in [-0.2, 0) is 33.2 Å². The Morgan fingerprint density at radius 1 is 1.22 bits per heavy atom. The van der Waals surface area contributed by atoms with Crippen LogP contribution in [0, 0.1) is 5.92 Å². The van der Waals surface area contributed by atoms with Crippen LogP contribution in [0.15, 0.2) is 69.3 Å². The van der Waals surface area contributed by atoms with Gasteiger partial charge in [0, 0.05) is 29.6 Å². The first-order valence-electron chi connectivity index (χ1n) is 12.1. The van der Waals surface area contributed by atoms with E-state index in [0.717, 1.165) is 0 Å². The van der Waals surface area contributed by atoms with E-state index in [-0.39, 0.29) is 36.5 Å². The molecule has 1 saturated heterocycles. The largest absolute Gasteiger partial charge is 0.390 e. The van der Waals surface area contributed by atoms with Crippen molar-refractivity contribution in [1.29, 1.82) is 0 Å². The number of aromatic amines is 1. The number of aliphatic hydroxyl groups excluding tert-OH is 1. The number of ether oxygens (including phenoxy) is 1. The highest BCUT2D eigenvalue weighted by molar-refractivity contribution is 7.86. The van der Waals surface area contributed by atoms with Gasteiger partial charge in [-0.15, -0.1) is 0 Å². The van der Waals surface area contributed by atoms with Crippen LogP contribution in [-0.4, -0.2) is 48.8 Å². The number of benzene rings is 1. The third-order valence-corrected chi connectivity index (χ3v) is 8.48. The van der Waals surface area contributed by atoms with Crippen LogP contribution in [0.3, 0.4) is 0 Å². The Balaban J connectivity index is 1.38. The topological polar surface area (TPSA) is 130 Å². The van der Waals surface area contributed by atoms with Crippen molar-refractivity contribution in [2.75, 3.05) is 6.54 Å². The van der Waals surface area contributed by atoms with E-state index in [1.807, 2.05) is 43.4 Å². The summed E-state index contributed by atoms with van der Waals surface area (Å²) in [5.41, 5.74) is 0.0739. The molecule has 0 bridgehead atoms. The van der Waals surface area contributed by atoms with Gasteiger partial charge in [-0.1, -0.05) is 56.4 Å². The summed E-state index contributed by atoms with van der Waals surface area (Å²) in [6.45, 7) is 3.87. The standard InChI is InChI=1S/C26H31N3O6S/c1-3-17-15-29(26(33)28-25(17)32)24-13-19(30)20(35-24)14-27-23(31)12-18-9-5-7-11-22(18)36(34)21-10-6-4-8-16(21)2/h4-11,15-16,19-21,24,30H,3,12-14H2,1-2H3,(H,27,31)(H,28,32,33)/t16?,19-,20+,21?,24+,36?/m0/s1. The van der Waals surface area contributed by atoms with Crippen molar-refractivity contribution in [1.82, 2.24) is 14.9 Å². The number of carbonyl (C=O) groups is 1. The molecule has 1 aromatic carbocycles. The maximum Gasteiger partial charge on any atom is 0.330 e. The van der Waals surface area contributed by atoms with Crippen LogP contribution >= 0.6 is 0 Å². The van der Waals surface area contributed by atoms with Crippen molar-refractivity contribution in [3.8, 4) is 0 Å². The summed E-state index contributed by atoms with van der Waals surface area (Å²) in [7, 11) is -1.31. The molecule has 0 saturated carbocycles. The zero-order valence-corrected chi connectivity index (χ0v) is 21.1. The van der Waals surface area contributed by atoms with E-state index in [9.17, 15) is 23.7 Å². The Morgan fingerprint density at radius 2 is 1.97 bits per heavy atom. The summed E-state index contributed by atoms with van der Waals surface area (Å²) in [6, 6.07) is 7.21. The van der Waals surface area contributed by atoms with E-state index in [2.05, 4.69) is 10.3 Å². The van der Waals surface area contributed by atoms with Gasteiger partial charge in [-0.3, -0.25) is 23.3 Å². The minimum Gasteiger partial charge on any atom is -0.390 e. The minimum atomic E-state index is -1.31. The number of aliphatic hydroxyl groups is 1. The number of nitrogens with zero attached hydrogens (tertiary/aromatic N) is 1. The number of nitrogens with one attached hydrogen (secondary N) is 2. The zero-order valence-electron chi connectivity index (χ0n) is 20.3. The average molecular weight is 514 g/mol. The molecule has 10 heteroatoms. The number of rotatable bonds is 8. The van der Waals surface area contributed by atoms with Gasteiger partial charge in [0.25, 0.3) is 5.56 Å². The Bertz CT molecular complexity index is 1310. The molecule has 1 amide bonds. The zero-order chi connectivity index (χ0) is 25.8. The third-order valence-electron chi connectivity index (χ3n) is 6.57. The number of aryl methyl sites for hydroxylation is 1. The average Bonchev–Trinajstić information content (AvgIpc) is 3.23. The lowest BCUT2D eigenvalue weighted by molar-refractivity contribution is -0.121. The summed E-state index contributed by atoms with van der Waals surface area (Å²) in [5, 5.41) is 13.1.